The number of rotatable bonds is 5. The third kappa shape index (κ3) is 2.87. The normalized spacial score (nSPS) is 11.5. The summed E-state index contributed by atoms with van der Waals surface area (Å²) in [5.74, 6) is -2.06. The molecule has 0 aliphatic rings. The van der Waals surface area contributed by atoms with E-state index < -0.39 is 11.6 Å². The number of ether oxygens (including phenoxy) is 1. The minimum atomic E-state index is -1.06. The van der Waals surface area contributed by atoms with Gasteiger partial charge in [-0.1, -0.05) is 17.3 Å². The van der Waals surface area contributed by atoms with Crippen molar-refractivity contribution in [3.8, 4) is 0 Å². The van der Waals surface area contributed by atoms with Crippen LogP contribution in [0.2, 0.25) is 0 Å². The summed E-state index contributed by atoms with van der Waals surface area (Å²) in [6.07, 6.45) is 1.50. The van der Waals surface area contributed by atoms with Gasteiger partial charge in [0.05, 0.1) is 13.2 Å². The average Bonchev–Trinajstić information content (AvgIpc) is 2.29. The minimum Gasteiger partial charge on any atom is -0.411 e. The topological polar surface area (TPSA) is 41.8 Å². The number of hydrogen-bond donors (Lipinski definition) is 1. The van der Waals surface area contributed by atoms with Gasteiger partial charge in [0, 0.05) is 5.56 Å². The summed E-state index contributed by atoms with van der Waals surface area (Å²) in [7, 11) is 0. The highest BCUT2D eigenvalue weighted by atomic mass is 19.2. The molecule has 0 aliphatic heterocycles. The Bertz CT molecular complexity index is 405. The van der Waals surface area contributed by atoms with E-state index in [9.17, 15) is 8.78 Å². The Labute approximate surface area is 91.7 Å². The maximum Gasteiger partial charge on any atom is 0.168 e. The molecule has 0 saturated heterocycles. The Morgan fingerprint density at radius 3 is 2.88 bits per heavy atom. The van der Waals surface area contributed by atoms with Crippen molar-refractivity contribution >= 4 is 5.71 Å². The summed E-state index contributed by atoms with van der Waals surface area (Å²) in [6.45, 7) is 3.54. The first-order valence-electron chi connectivity index (χ1n) is 4.54. The zero-order valence-corrected chi connectivity index (χ0v) is 8.49. The molecule has 1 aromatic rings. The van der Waals surface area contributed by atoms with Gasteiger partial charge < -0.3 is 9.94 Å². The maximum absolute atomic E-state index is 13.3. The van der Waals surface area contributed by atoms with E-state index in [0.717, 1.165) is 6.07 Å². The van der Waals surface area contributed by atoms with Crippen LogP contribution < -0.4 is 0 Å². The Morgan fingerprint density at radius 2 is 2.25 bits per heavy atom. The van der Waals surface area contributed by atoms with Crippen molar-refractivity contribution in [2.45, 2.75) is 0 Å². The Morgan fingerprint density at radius 1 is 1.50 bits per heavy atom. The second-order valence-corrected chi connectivity index (χ2v) is 2.95. The highest BCUT2D eigenvalue weighted by Gasteiger charge is 2.13. The smallest absolute Gasteiger partial charge is 0.168 e. The number of halogens is 2. The molecule has 0 spiro atoms. The fourth-order valence-electron chi connectivity index (χ4n) is 1.13. The molecule has 0 saturated carbocycles. The van der Waals surface area contributed by atoms with Gasteiger partial charge in [-0.3, -0.25) is 0 Å². The van der Waals surface area contributed by atoms with Crippen molar-refractivity contribution < 1.29 is 18.7 Å². The predicted molar refractivity (Wildman–Crippen MR) is 55.7 cm³/mol. The van der Waals surface area contributed by atoms with E-state index in [4.69, 9.17) is 9.94 Å². The fraction of sp³-hybridized carbons (Fsp3) is 0.182. The lowest BCUT2D eigenvalue weighted by molar-refractivity contribution is 0.200. The van der Waals surface area contributed by atoms with Crippen molar-refractivity contribution in [2.75, 3.05) is 13.2 Å². The molecular weight excluding hydrogens is 216 g/mol. The molecular formula is C11H11F2NO2. The number of hydrogen-bond acceptors (Lipinski definition) is 3. The zero-order valence-electron chi connectivity index (χ0n) is 8.49. The molecule has 5 heteroatoms. The van der Waals surface area contributed by atoms with E-state index in [2.05, 4.69) is 11.7 Å². The third-order valence-electron chi connectivity index (χ3n) is 1.86. The van der Waals surface area contributed by atoms with Gasteiger partial charge in [0.25, 0.3) is 0 Å². The minimum absolute atomic E-state index is 0.0705. The Hall–Kier alpha value is -1.75. The zero-order chi connectivity index (χ0) is 12.0. The largest absolute Gasteiger partial charge is 0.411 e. The quantitative estimate of drug-likeness (QED) is 0.276. The number of nitrogens with zero attached hydrogens (tertiary/aromatic N) is 1. The van der Waals surface area contributed by atoms with E-state index in [0.29, 0.717) is 0 Å². The van der Waals surface area contributed by atoms with Crippen LogP contribution in [0, 0.1) is 11.6 Å². The second-order valence-electron chi connectivity index (χ2n) is 2.95. The maximum atomic E-state index is 13.3. The highest BCUT2D eigenvalue weighted by molar-refractivity contribution is 6.01. The monoisotopic (exact) mass is 227 g/mol. The van der Waals surface area contributed by atoms with Crippen molar-refractivity contribution in [2.24, 2.45) is 5.16 Å². The van der Waals surface area contributed by atoms with E-state index in [1.165, 1.54) is 18.2 Å². The third-order valence-corrected chi connectivity index (χ3v) is 1.86. The van der Waals surface area contributed by atoms with E-state index in [1.54, 1.807) is 0 Å². The SMILES string of the molecule is C=CCOC/C(=N\O)c1cccc(F)c1F. The van der Waals surface area contributed by atoms with Crippen LogP contribution in [-0.2, 0) is 4.74 Å². The van der Waals surface area contributed by atoms with Crippen molar-refractivity contribution in [1.29, 1.82) is 0 Å². The van der Waals surface area contributed by atoms with Crippen LogP contribution in [0.15, 0.2) is 36.0 Å². The summed E-state index contributed by atoms with van der Waals surface area (Å²) in [5.41, 5.74) is -0.189. The van der Waals surface area contributed by atoms with Crippen LogP contribution in [0.25, 0.3) is 0 Å². The van der Waals surface area contributed by atoms with Crippen LogP contribution >= 0.6 is 0 Å². The average molecular weight is 227 g/mol. The number of benzene rings is 1. The highest BCUT2D eigenvalue weighted by Crippen LogP contribution is 2.12. The molecule has 0 heterocycles. The van der Waals surface area contributed by atoms with Gasteiger partial charge in [0.1, 0.15) is 5.71 Å². The lowest BCUT2D eigenvalue weighted by Gasteiger charge is -2.06. The fourth-order valence-corrected chi connectivity index (χ4v) is 1.13. The molecule has 3 nitrogen and oxygen atoms in total. The Kier molecular flexibility index (Phi) is 4.60. The van der Waals surface area contributed by atoms with E-state index >= 15 is 0 Å². The summed E-state index contributed by atoms with van der Waals surface area (Å²) in [5, 5.41) is 11.6. The summed E-state index contributed by atoms with van der Waals surface area (Å²) in [6, 6.07) is 3.62. The lowest BCUT2D eigenvalue weighted by Crippen LogP contribution is -2.13. The van der Waals surface area contributed by atoms with Crippen molar-refractivity contribution in [3.05, 3.63) is 48.1 Å². The summed E-state index contributed by atoms with van der Waals surface area (Å²) >= 11 is 0. The van der Waals surface area contributed by atoms with Crippen molar-refractivity contribution in [1.82, 2.24) is 0 Å². The van der Waals surface area contributed by atoms with Gasteiger partial charge >= 0.3 is 0 Å². The van der Waals surface area contributed by atoms with Gasteiger partial charge in [-0.2, -0.15) is 0 Å². The molecule has 0 aromatic heterocycles. The lowest BCUT2D eigenvalue weighted by atomic mass is 10.1. The standard InChI is InChI=1S/C11H11F2NO2/c1-2-6-16-7-10(14-15)8-4-3-5-9(12)11(8)13/h2-5,15H,1,6-7H2/b14-10+. The predicted octanol–water partition coefficient (Wildman–Crippen LogP) is 2.35. The van der Waals surface area contributed by atoms with Crippen LogP contribution in [0.3, 0.4) is 0 Å². The van der Waals surface area contributed by atoms with Gasteiger partial charge in [-0.25, -0.2) is 8.78 Å². The van der Waals surface area contributed by atoms with Crippen LogP contribution in [0.4, 0.5) is 8.78 Å². The molecule has 0 atom stereocenters. The second kappa shape index (κ2) is 5.97. The van der Waals surface area contributed by atoms with Gasteiger partial charge in [0.2, 0.25) is 0 Å². The molecule has 1 aromatic carbocycles. The molecule has 0 radical (unpaired) electrons. The first-order valence-corrected chi connectivity index (χ1v) is 4.54. The Balaban J connectivity index is 2.88. The molecule has 16 heavy (non-hydrogen) atoms. The summed E-state index contributed by atoms with van der Waals surface area (Å²) in [4.78, 5) is 0. The van der Waals surface area contributed by atoms with Crippen LogP contribution in [0.5, 0.6) is 0 Å². The summed E-state index contributed by atoms with van der Waals surface area (Å²) < 4.78 is 31.2. The van der Waals surface area contributed by atoms with Crippen molar-refractivity contribution in [3.63, 3.8) is 0 Å². The molecule has 0 fully saturated rings. The molecule has 0 amide bonds. The number of oxime groups is 1. The molecule has 0 bridgehead atoms. The van der Waals surface area contributed by atoms with E-state index in [1.807, 2.05) is 0 Å². The van der Waals surface area contributed by atoms with Crippen LogP contribution in [-0.4, -0.2) is 24.1 Å². The molecule has 1 N–H and O–H groups in total. The van der Waals surface area contributed by atoms with Gasteiger partial charge in [-0.05, 0) is 12.1 Å². The first kappa shape index (κ1) is 12.3. The first-order chi connectivity index (χ1) is 7.70. The molecule has 0 aliphatic carbocycles. The van der Waals surface area contributed by atoms with Gasteiger partial charge in [-0.15, -0.1) is 6.58 Å². The van der Waals surface area contributed by atoms with Crippen LogP contribution in [0.1, 0.15) is 5.56 Å². The molecule has 0 unspecified atom stereocenters. The van der Waals surface area contributed by atoms with Gasteiger partial charge in [0.15, 0.2) is 11.6 Å². The van der Waals surface area contributed by atoms with E-state index in [-0.39, 0.29) is 24.5 Å². The molecule has 86 valence electrons. The molecule has 1 rings (SSSR count).